The highest BCUT2D eigenvalue weighted by molar-refractivity contribution is 5.63. The van der Waals surface area contributed by atoms with Gasteiger partial charge in [-0.05, 0) is 25.1 Å². The Morgan fingerprint density at radius 2 is 2.30 bits per heavy atom. The summed E-state index contributed by atoms with van der Waals surface area (Å²) in [6, 6.07) is 7.58. The number of nitrogens with zero attached hydrogens (tertiary/aromatic N) is 2. The first-order chi connectivity index (χ1) is 9.86. The predicted molar refractivity (Wildman–Crippen MR) is 72.3 cm³/mol. The van der Waals surface area contributed by atoms with Crippen LogP contribution in [0.3, 0.4) is 0 Å². The molecule has 106 valence electrons. The fourth-order valence-corrected chi connectivity index (χ4v) is 2.21. The summed E-state index contributed by atoms with van der Waals surface area (Å²) in [5.74, 6) is 1.73. The molecule has 6 nitrogen and oxygen atoms in total. The summed E-state index contributed by atoms with van der Waals surface area (Å²) in [5.41, 5.74) is 0.813. The van der Waals surface area contributed by atoms with E-state index in [1.165, 1.54) is 0 Å². The lowest BCUT2D eigenvalue weighted by Crippen LogP contribution is -2.16. The molecule has 0 aliphatic carbocycles. The van der Waals surface area contributed by atoms with Crippen molar-refractivity contribution in [2.45, 2.75) is 19.1 Å². The standard InChI is InChI=1S/C14H17N3O3/c1-18-12-5-3-2-4-11(12)14-16-13(20-17-14)9-19-10-6-7-15-8-10/h2-5,10,15H,6-9H2,1H3/t10-/m0/s1. The molecule has 1 aromatic heterocycles. The van der Waals surface area contributed by atoms with Crippen molar-refractivity contribution in [3.8, 4) is 17.1 Å². The van der Waals surface area contributed by atoms with Gasteiger partial charge in [-0.15, -0.1) is 0 Å². The second-order valence-corrected chi connectivity index (χ2v) is 4.64. The van der Waals surface area contributed by atoms with E-state index in [-0.39, 0.29) is 6.10 Å². The summed E-state index contributed by atoms with van der Waals surface area (Å²) in [7, 11) is 1.62. The van der Waals surface area contributed by atoms with E-state index in [0.29, 0.717) is 18.3 Å². The predicted octanol–water partition coefficient (Wildman–Crippen LogP) is 1.62. The molecule has 1 N–H and O–H groups in total. The third-order valence-electron chi connectivity index (χ3n) is 3.27. The second kappa shape index (κ2) is 6.02. The van der Waals surface area contributed by atoms with E-state index in [1.54, 1.807) is 7.11 Å². The first-order valence-corrected chi connectivity index (χ1v) is 6.65. The lowest BCUT2D eigenvalue weighted by atomic mass is 10.2. The number of hydrogen-bond acceptors (Lipinski definition) is 6. The Kier molecular flexibility index (Phi) is 3.94. The molecule has 2 aromatic rings. The van der Waals surface area contributed by atoms with Gasteiger partial charge in [-0.25, -0.2) is 0 Å². The van der Waals surface area contributed by atoms with Crippen molar-refractivity contribution in [1.29, 1.82) is 0 Å². The van der Waals surface area contributed by atoms with E-state index in [9.17, 15) is 0 Å². The molecule has 1 aliphatic rings. The molecule has 1 aliphatic heterocycles. The molecule has 0 radical (unpaired) electrons. The zero-order chi connectivity index (χ0) is 13.8. The van der Waals surface area contributed by atoms with E-state index in [0.717, 1.165) is 30.8 Å². The molecule has 0 bridgehead atoms. The molecule has 3 rings (SSSR count). The number of nitrogens with one attached hydrogen (secondary N) is 1. The maximum Gasteiger partial charge on any atom is 0.252 e. The molecule has 1 fully saturated rings. The van der Waals surface area contributed by atoms with Gasteiger partial charge in [-0.3, -0.25) is 0 Å². The van der Waals surface area contributed by atoms with Gasteiger partial charge in [0.1, 0.15) is 12.4 Å². The zero-order valence-corrected chi connectivity index (χ0v) is 11.3. The number of aromatic nitrogens is 2. The quantitative estimate of drug-likeness (QED) is 0.894. The lowest BCUT2D eigenvalue weighted by molar-refractivity contribution is 0.0383. The summed E-state index contributed by atoms with van der Waals surface area (Å²) in [6.07, 6.45) is 1.25. The second-order valence-electron chi connectivity index (χ2n) is 4.64. The lowest BCUT2D eigenvalue weighted by Gasteiger charge is -2.06. The molecule has 2 heterocycles. The maximum atomic E-state index is 5.70. The van der Waals surface area contributed by atoms with Crippen molar-refractivity contribution < 1.29 is 14.0 Å². The van der Waals surface area contributed by atoms with Gasteiger partial charge in [-0.2, -0.15) is 4.98 Å². The SMILES string of the molecule is COc1ccccc1-c1noc(CO[C@H]2CCNC2)n1. The molecule has 20 heavy (non-hydrogen) atoms. The van der Waals surface area contributed by atoms with Gasteiger partial charge in [-0.1, -0.05) is 17.3 Å². The Labute approximate surface area is 117 Å². The molecule has 6 heteroatoms. The van der Waals surface area contributed by atoms with Crippen molar-refractivity contribution >= 4 is 0 Å². The minimum absolute atomic E-state index is 0.233. The van der Waals surface area contributed by atoms with Crippen LogP contribution in [-0.4, -0.2) is 36.4 Å². The van der Waals surface area contributed by atoms with Gasteiger partial charge in [0, 0.05) is 6.54 Å². The monoisotopic (exact) mass is 275 g/mol. The van der Waals surface area contributed by atoms with Gasteiger partial charge in [0.15, 0.2) is 0 Å². The molecule has 1 saturated heterocycles. The average molecular weight is 275 g/mol. The number of para-hydroxylation sites is 1. The first-order valence-electron chi connectivity index (χ1n) is 6.65. The smallest absolute Gasteiger partial charge is 0.252 e. The largest absolute Gasteiger partial charge is 0.496 e. The Morgan fingerprint density at radius 1 is 1.40 bits per heavy atom. The number of benzene rings is 1. The van der Waals surface area contributed by atoms with Crippen molar-refractivity contribution in [3.63, 3.8) is 0 Å². The van der Waals surface area contributed by atoms with Crippen LogP contribution in [0.15, 0.2) is 28.8 Å². The van der Waals surface area contributed by atoms with Crippen molar-refractivity contribution in [3.05, 3.63) is 30.2 Å². The average Bonchev–Trinajstić information content (AvgIpc) is 3.16. The van der Waals surface area contributed by atoms with Crippen LogP contribution in [0.5, 0.6) is 5.75 Å². The summed E-state index contributed by atoms with van der Waals surface area (Å²) >= 11 is 0. The fourth-order valence-electron chi connectivity index (χ4n) is 2.21. The summed E-state index contributed by atoms with van der Waals surface area (Å²) < 4.78 is 16.2. The topological polar surface area (TPSA) is 69.4 Å². The van der Waals surface area contributed by atoms with Crippen molar-refractivity contribution in [1.82, 2.24) is 15.5 Å². The summed E-state index contributed by atoms with van der Waals surface area (Å²) in [5, 5.41) is 7.23. The van der Waals surface area contributed by atoms with E-state index in [2.05, 4.69) is 15.5 Å². The highest BCUT2D eigenvalue weighted by atomic mass is 16.5. The Bertz CT molecular complexity index is 564. The molecule has 1 aromatic carbocycles. The van der Waals surface area contributed by atoms with Crippen LogP contribution in [0.25, 0.3) is 11.4 Å². The molecule has 0 unspecified atom stereocenters. The highest BCUT2D eigenvalue weighted by Gasteiger charge is 2.17. The molecule has 0 saturated carbocycles. The minimum atomic E-state index is 0.233. The Hall–Kier alpha value is -1.92. The van der Waals surface area contributed by atoms with E-state index in [4.69, 9.17) is 14.0 Å². The Morgan fingerprint density at radius 3 is 3.10 bits per heavy atom. The molecule has 0 spiro atoms. The van der Waals surface area contributed by atoms with E-state index >= 15 is 0 Å². The summed E-state index contributed by atoms with van der Waals surface area (Å²) in [4.78, 5) is 4.35. The fraction of sp³-hybridized carbons (Fsp3) is 0.429. The highest BCUT2D eigenvalue weighted by Crippen LogP contribution is 2.27. The Balaban J connectivity index is 1.69. The molecular formula is C14H17N3O3. The summed E-state index contributed by atoms with van der Waals surface area (Å²) in [6.45, 7) is 2.23. The third kappa shape index (κ3) is 2.81. The number of methoxy groups -OCH3 is 1. The first kappa shape index (κ1) is 13.1. The van der Waals surface area contributed by atoms with Gasteiger partial charge >= 0.3 is 0 Å². The van der Waals surface area contributed by atoms with Crippen LogP contribution in [-0.2, 0) is 11.3 Å². The van der Waals surface area contributed by atoms with Crippen molar-refractivity contribution in [2.75, 3.05) is 20.2 Å². The minimum Gasteiger partial charge on any atom is -0.496 e. The van der Waals surface area contributed by atoms with Crippen LogP contribution in [0, 0.1) is 0 Å². The van der Waals surface area contributed by atoms with Crippen LogP contribution >= 0.6 is 0 Å². The molecule has 1 atom stereocenters. The zero-order valence-electron chi connectivity index (χ0n) is 11.3. The van der Waals surface area contributed by atoms with E-state index < -0.39 is 0 Å². The van der Waals surface area contributed by atoms with Gasteiger partial charge in [0.25, 0.3) is 5.89 Å². The maximum absolute atomic E-state index is 5.70. The normalized spacial score (nSPS) is 18.4. The number of rotatable bonds is 5. The van der Waals surface area contributed by atoms with Crippen LogP contribution in [0.1, 0.15) is 12.3 Å². The van der Waals surface area contributed by atoms with Crippen molar-refractivity contribution in [2.24, 2.45) is 0 Å². The number of ether oxygens (including phenoxy) is 2. The van der Waals surface area contributed by atoms with Crippen LogP contribution in [0.4, 0.5) is 0 Å². The van der Waals surface area contributed by atoms with Gasteiger partial charge in [0.05, 0.1) is 18.8 Å². The molecular weight excluding hydrogens is 258 g/mol. The third-order valence-corrected chi connectivity index (χ3v) is 3.27. The van der Waals surface area contributed by atoms with Gasteiger partial charge < -0.3 is 19.3 Å². The van der Waals surface area contributed by atoms with Crippen LogP contribution < -0.4 is 10.1 Å². The van der Waals surface area contributed by atoms with Crippen LogP contribution in [0.2, 0.25) is 0 Å². The molecule has 0 amide bonds. The van der Waals surface area contributed by atoms with Gasteiger partial charge in [0.2, 0.25) is 5.82 Å². The number of hydrogen-bond donors (Lipinski definition) is 1. The van der Waals surface area contributed by atoms with E-state index in [1.807, 2.05) is 24.3 Å².